The number of benzene rings is 3. The van der Waals surface area contributed by atoms with Crippen molar-refractivity contribution in [3.8, 4) is 28.9 Å². The Morgan fingerprint density at radius 2 is 1.63 bits per heavy atom. The Kier molecular flexibility index (Phi) is 19.6. The summed E-state index contributed by atoms with van der Waals surface area (Å²) in [4.78, 5) is 84.2. The number of thiophene rings is 1. The summed E-state index contributed by atoms with van der Waals surface area (Å²) >= 11 is 6.70. The Morgan fingerprint density at radius 3 is 2.26 bits per heavy atom. The SMILES string of the molecule is CCc1ccc(COc2ccc(-n3c(=O)cc(C(F)(F)F)n(C)c3=O)cc2)c(OC(C)C(=O)OC)c1.COc1nc(C)nc(NC(=O)NS(=O)(=O)c2ccsc2C(=O)O)n1.O=C(O)COc1ccc(Cl)c2cccnc12. The second kappa shape index (κ2) is 25.5. The highest BCUT2D eigenvalue weighted by atomic mass is 35.5. The first kappa shape index (κ1) is 58.3. The predicted octanol–water partition coefficient (Wildman–Crippen LogP) is 6.45. The van der Waals surface area contributed by atoms with Crippen molar-refractivity contribution in [3.05, 3.63) is 144 Å². The fourth-order valence-corrected chi connectivity index (χ4v) is 8.77. The molecule has 0 aliphatic carbocycles. The number of hydrogen-bond acceptors (Lipinski definition) is 18. The van der Waals surface area contributed by atoms with Crippen LogP contribution in [0.3, 0.4) is 0 Å². The van der Waals surface area contributed by atoms with Crippen LogP contribution in [0.15, 0.2) is 105 Å². The molecule has 0 bridgehead atoms. The van der Waals surface area contributed by atoms with E-state index in [-0.39, 0.29) is 30.1 Å². The van der Waals surface area contributed by atoms with Crippen molar-refractivity contribution >= 4 is 73.8 Å². The number of urea groups is 1. The molecule has 0 aliphatic rings. The summed E-state index contributed by atoms with van der Waals surface area (Å²) in [5.41, 5.74) is -1.24. The zero-order valence-electron chi connectivity index (χ0n) is 40.6. The Labute approximate surface area is 437 Å². The van der Waals surface area contributed by atoms with E-state index in [9.17, 15) is 50.4 Å². The number of methoxy groups -OCH3 is 2. The minimum absolute atomic E-state index is 0.0633. The van der Waals surface area contributed by atoms with E-state index >= 15 is 0 Å². The number of rotatable bonds is 16. The van der Waals surface area contributed by atoms with Crippen LogP contribution in [0.1, 0.15) is 46.2 Å². The fraction of sp³-hybridized carbons (Fsp3) is 0.234. The monoisotopic (exact) mass is 1120 g/mol. The zero-order chi connectivity index (χ0) is 56.1. The molecule has 0 saturated carbocycles. The molecule has 4 N–H and O–H groups in total. The number of aromatic carboxylic acids is 1. The number of fused-ring (bicyclic) bond motifs is 1. The Morgan fingerprint density at radius 1 is 0.921 bits per heavy atom. The average molecular weight is 1120 g/mol. The number of aryl methyl sites for hydroxylation is 2. The average Bonchev–Trinajstić information content (AvgIpc) is 3.90. The molecular weight excluding hydrogens is 1070 g/mol. The van der Waals surface area contributed by atoms with Crippen molar-refractivity contribution < 1.29 is 74.7 Å². The van der Waals surface area contributed by atoms with Crippen LogP contribution >= 0.6 is 22.9 Å². The van der Waals surface area contributed by atoms with Gasteiger partial charge < -0.3 is 33.9 Å². The molecule has 1 unspecified atom stereocenters. The highest BCUT2D eigenvalue weighted by molar-refractivity contribution is 7.90. The molecule has 7 rings (SSSR count). The van der Waals surface area contributed by atoms with Crippen LogP contribution in [-0.4, -0.2) is 98.6 Å². The number of nitrogens with zero attached hydrogens (tertiary/aromatic N) is 6. The van der Waals surface area contributed by atoms with Gasteiger partial charge in [0, 0.05) is 30.3 Å². The molecule has 0 radical (unpaired) electrons. The van der Waals surface area contributed by atoms with E-state index in [1.165, 1.54) is 50.8 Å². The van der Waals surface area contributed by atoms with Gasteiger partial charge in [0.25, 0.3) is 15.6 Å². The zero-order valence-corrected chi connectivity index (χ0v) is 43.0. The van der Waals surface area contributed by atoms with E-state index in [4.69, 9.17) is 45.5 Å². The van der Waals surface area contributed by atoms with Gasteiger partial charge in [-0.2, -0.15) is 28.1 Å². The maximum Gasteiger partial charge on any atom is 0.431 e. The molecule has 402 valence electrons. The molecule has 76 heavy (non-hydrogen) atoms. The number of hydrogen-bond donors (Lipinski definition) is 4. The number of aromatic nitrogens is 6. The topological polar surface area (TPSA) is 309 Å². The van der Waals surface area contributed by atoms with Crippen LogP contribution in [-0.2, 0) is 50.6 Å². The van der Waals surface area contributed by atoms with Crippen LogP contribution in [0, 0.1) is 6.92 Å². The number of esters is 1. The molecular formula is C47H44ClF3N8O15S2. The quantitative estimate of drug-likeness (QED) is 0.0756. The fourth-order valence-electron chi connectivity index (χ4n) is 6.38. The van der Waals surface area contributed by atoms with E-state index in [0.717, 1.165) is 41.8 Å². The van der Waals surface area contributed by atoms with Gasteiger partial charge in [-0.25, -0.2) is 41.7 Å². The number of halogens is 4. The summed E-state index contributed by atoms with van der Waals surface area (Å²) in [6.07, 6.45) is -3.30. The number of sulfonamides is 1. The van der Waals surface area contributed by atoms with Gasteiger partial charge in [-0.15, -0.1) is 11.3 Å². The van der Waals surface area contributed by atoms with E-state index in [1.54, 1.807) is 42.1 Å². The smallest absolute Gasteiger partial charge is 0.431 e. The second-order valence-corrected chi connectivity index (χ2v) is 18.2. The maximum absolute atomic E-state index is 13.1. The Bertz CT molecular complexity index is 3500. The number of nitrogens with one attached hydrogen (secondary N) is 2. The summed E-state index contributed by atoms with van der Waals surface area (Å²) in [6, 6.07) is 18.4. The first-order valence-electron chi connectivity index (χ1n) is 21.7. The van der Waals surface area contributed by atoms with Crippen molar-refractivity contribution in [1.82, 2.24) is 33.8 Å². The number of amides is 2. The molecule has 0 spiro atoms. The van der Waals surface area contributed by atoms with Crippen molar-refractivity contribution in [3.63, 3.8) is 0 Å². The molecule has 0 fully saturated rings. The van der Waals surface area contributed by atoms with Gasteiger partial charge in [-0.3, -0.25) is 19.7 Å². The van der Waals surface area contributed by atoms with Crippen molar-refractivity contribution in [2.24, 2.45) is 7.05 Å². The molecule has 29 heteroatoms. The molecule has 2 amide bonds. The number of ether oxygens (including phenoxy) is 5. The number of carbonyl (C=O) groups excluding carboxylic acids is 2. The van der Waals surface area contributed by atoms with E-state index < -0.39 is 79.6 Å². The molecule has 1 atom stereocenters. The van der Waals surface area contributed by atoms with Crippen molar-refractivity contribution in [1.29, 1.82) is 0 Å². The van der Waals surface area contributed by atoms with Gasteiger partial charge in [-0.1, -0.05) is 30.7 Å². The first-order valence-corrected chi connectivity index (χ1v) is 24.4. The molecule has 0 saturated heterocycles. The molecule has 4 aromatic heterocycles. The van der Waals surface area contributed by atoms with E-state index in [2.05, 4.69) is 25.3 Å². The molecule has 3 aromatic carbocycles. The van der Waals surface area contributed by atoms with Crippen LogP contribution in [0.4, 0.5) is 23.9 Å². The van der Waals surface area contributed by atoms with Crippen molar-refractivity contribution in [2.75, 3.05) is 26.1 Å². The molecule has 7 aromatic rings. The predicted molar refractivity (Wildman–Crippen MR) is 266 cm³/mol. The maximum atomic E-state index is 13.1. The van der Waals surface area contributed by atoms with Crippen LogP contribution < -0.4 is 40.2 Å². The van der Waals surface area contributed by atoms with Crippen LogP contribution in [0.5, 0.6) is 23.3 Å². The van der Waals surface area contributed by atoms with Gasteiger partial charge in [0.2, 0.25) is 5.95 Å². The largest absolute Gasteiger partial charge is 0.489 e. The third-order valence-electron chi connectivity index (χ3n) is 9.98. The number of carbonyl (C=O) groups is 4. The minimum Gasteiger partial charge on any atom is -0.489 e. The number of pyridine rings is 1. The standard InChI is InChI=1S/C25H25F3N2O6.C11H8ClNO3.C11H11N5O6S2/c1-5-16-6-7-17(20(12-16)36-15(2)23(32)34-4)14-35-19-10-8-18(9-11-19)30-22(31)13-21(25(26,27)28)29(3)24(30)33;12-8-3-4-9(16-6-10(14)15)11-7(8)2-1-5-13-11;1-5-12-9(15-11(13-5)22-2)14-10(19)16-24(20,21)6-3-4-23-7(6)8(17)18/h6-13,15H,5,14H2,1-4H3;1-5H,6H2,(H,14,15);3-4H,1-2H3,(H,17,18)(H2,12,13,14,15,16,19). The summed E-state index contributed by atoms with van der Waals surface area (Å²) in [5.74, 6) is -1.69. The molecule has 23 nitrogen and oxygen atoms in total. The number of alkyl halides is 3. The van der Waals surface area contributed by atoms with Gasteiger partial charge >= 0.3 is 41.8 Å². The van der Waals surface area contributed by atoms with E-state index in [1.807, 2.05) is 25.1 Å². The lowest BCUT2D eigenvalue weighted by Crippen LogP contribution is -2.40. The number of carboxylic acid groups (broad SMARTS) is 2. The minimum atomic E-state index is -4.84. The lowest BCUT2D eigenvalue weighted by Gasteiger charge is -2.17. The lowest BCUT2D eigenvalue weighted by atomic mass is 10.1. The number of carboxylic acids is 2. The van der Waals surface area contributed by atoms with E-state index in [0.29, 0.717) is 48.6 Å². The lowest BCUT2D eigenvalue weighted by molar-refractivity contribution is -0.148. The summed E-state index contributed by atoms with van der Waals surface area (Å²) < 4.78 is 92.3. The highest BCUT2D eigenvalue weighted by Gasteiger charge is 2.35. The van der Waals surface area contributed by atoms with Gasteiger partial charge in [0.05, 0.1) is 24.9 Å². The van der Waals surface area contributed by atoms with Gasteiger partial charge in [0.1, 0.15) is 50.7 Å². The molecule has 4 heterocycles. The second-order valence-electron chi connectivity index (χ2n) is 15.2. The first-order chi connectivity index (χ1) is 35.9. The van der Waals surface area contributed by atoms with Crippen LogP contribution in [0.25, 0.3) is 16.6 Å². The normalized spacial score (nSPS) is 11.4. The highest BCUT2D eigenvalue weighted by Crippen LogP contribution is 2.30. The number of aliphatic carboxylic acids is 1. The third-order valence-corrected chi connectivity index (χ3v) is 12.7. The third kappa shape index (κ3) is 15.2. The number of anilines is 1. The summed E-state index contributed by atoms with van der Waals surface area (Å²) in [5, 5.41) is 22.2. The summed E-state index contributed by atoms with van der Waals surface area (Å²) in [6.45, 7) is 4.76. The summed E-state index contributed by atoms with van der Waals surface area (Å²) in [7, 11) is -0.842. The van der Waals surface area contributed by atoms with Gasteiger partial charge in [-0.05, 0) is 91.9 Å². The molecule has 0 aliphatic heterocycles. The Balaban J connectivity index is 0.000000229. The van der Waals surface area contributed by atoms with Crippen LogP contribution in [0.2, 0.25) is 5.02 Å². The van der Waals surface area contributed by atoms with Gasteiger partial charge in [0.15, 0.2) is 12.7 Å². The van der Waals surface area contributed by atoms with Crippen molar-refractivity contribution in [2.45, 2.75) is 51.0 Å². The Hall–Kier alpha value is -8.63.